The molecule has 7 heterocycles. The van der Waals surface area contributed by atoms with Gasteiger partial charge < -0.3 is 19.7 Å². The number of nitrogens with zero attached hydrogens (tertiary/aromatic N) is 3. The zero-order valence-corrected chi connectivity index (χ0v) is 24.7. The Hall–Kier alpha value is -2.51. The molecule has 0 radical (unpaired) electrons. The monoisotopic (exact) mass is 564 g/mol. The van der Waals surface area contributed by atoms with Gasteiger partial charge in [0.15, 0.2) is 0 Å². The molecule has 42 heavy (non-hydrogen) atoms. The SMILES string of the molecule is O[C@]12C=C(c3nccc4c3[nH]c3ccccc34)[C@@H]3CCN(CCCC/C=C\CC1)C[C@@]31C[C@@]34CC[C@@H](CCCN3C12)O4. The average Bonchev–Trinajstić information content (AvgIpc) is 3.61. The molecular weight excluding hydrogens is 520 g/mol. The number of allylic oxidation sites excluding steroid dienone is 3. The Kier molecular flexibility index (Phi) is 5.86. The van der Waals surface area contributed by atoms with Crippen molar-refractivity contribution in [2.75, 3.05) is 26.2 Å². The quantitative estimate of drug-likeness (QED) is 0.334. The Morgan fingerprint density at radius 1 is 0.929 bits per heavy atom. The third-order valence-corrected chi connectivity index (χ3v) is 12.0. The first kappa shape index (κ1) is 25.9. The van der Waals surface area contributed by atoms with Gasteiger partial charge in [0.05, 0.1) is 29.0 Å². The molecule has 220 valence electrons. The maximum absolute atomic E-state index is 13.2. The molecule has 1 aromatic carbocycles. The van der Waals surface area contributed by atoms with Crippen LogP contribution in [0, 0.1) is 11.3 Å². The molecule has 2 spiro atoms. The summed E-state index contributed by atoms with van der Waals surface area (Å²) in [6, 6.07) is 10.8. The first-order chi connectivity index (χ1) is 20.6. The lowest BCUT2D eigenvalue weighted by molar-refractivity contribution is -0.145. The number of pyridine rings is 1. The molecule has 6 aliphatic rings. The Balaban J connectivity index is 1.27. The van der Waals surface area contributed by atoms with Crippen molar-refractivity contribution < 1.29 is 9.84 Å². The first-order valence-electron chi connectivity index (χ1n) is 16.7. The molecule has 7 atom stereocenters. The summed E-state index contributed by atoms with van der Waals surface area (Å²) < 4.78 is 7.08. The molecule has 9 rings (SSSR count). The maximum Gasteiger partial charge on any atom is 0.123 e. The van der Waals surface area contributed by atoms with Gasteiger partial charge in [0, 0.05) is 41.0 Å². The number of hydrogen-bond acceptors (Lipinski definition) is 5. The van der Waals surface area contributed by atoms with Crippen LogP contribution in [0.15, 0.2) is 54.8 Å². The number of benzene rings is 1. The van der Waals surface area contributed by atoms with Crippen LogP contribution in [0.3, 0.4) is 0 Å². The summed E-state index contributed by atoms with van der Waals surface area (Å²) in [4.78, 5) is 14.3. The summed E-state index contributed by atoms with van der Waals surface area (Å²) in [7, 11) is 0. The van der Waals surface area contributed by atoms with E-state index in [1.165, 1.54) is 29.2 Å². The molecule has 5 aliphatic heterocycles. The molecule has 2 N–H and O–H groups in total. The van der Waals surface area contributed by atoms with Crippen molar-refractivity contribution in [1.82, 2.24) is 19.8 Å². The number of nitrogens with one attached hydrogen (secondary N) is 1. The zero-order valence-electron chi connectivity index (χ0n) is 24.7. The molecule has 2 aromatic heterocycles. The van der Waals surface area contributed by atoms with Gasteiger partial charge in [0.25, 0.3) is 0 Å². The number of aromatic amines is 1. The fourth-order valence-electron chi connectivity index (χ4n) is 10.6. The highest BCUT2D eigenvalue weighted by Gasteiger charge is 2.71. The third kappa shape index (κ3) is 3.68. The molecule has 3 aromatic rings. The van der Waals surface area contributed by atoms with Crippen LogP contribution in [0.5, 0.6) is 0 Å². The molecule has 4 saturated heterocycles. The Morgan fingerprint density at radius 2 is 1.86 bits per heavy atom. The summed E-state index contributed by atoms with van der Waals surface area (Å²) in [5, 5.41) is 15.7. The number of fused-ring (bicyclic) bond motifs is 5. The van der Waals surface area contributed by atoms with E-state index in [4.69, 9.17) is 9.72 Å². The number of aromatic nitrogens is 2. The lowest BCUT2D eigenvalue weighted by Gasteiger charge is -2.58. The number of hydrogen-bond donors (Lipinski definition) is 2. The van der Waals surface area contributed by atoms with Crippen LogP contribution in [-0.2, 0) is 4.74 Å². The number of para-hydroxylation sites is 1. The van der Waals surface area contributed by atoms with E-state index in [0.29, 0.717) is 12.0 Å². The Labute approximate surface area is 248 Å². The van der Waals surface area contributed by atoms with Gasteiger partial charge in [0.1, 0.15) is 5.72 Å². The van der Waals surface area contributed by atoms with Crippen LogP contribution in [0.1, 0.15) is 76.3 Å². The van der Waals surface area contributed by atoms with Crippen LogP contribution in [0.4, 0.5) is 0 Å². The molecule has 6 heteroatoms. The van der Waals surface area contributed by atoms with E-state index in [9.17, 15) is 5.11 Å². The summed E-state index contributed by atoms with van der Waals surface area (Å²) in [6.07, 6.45) is 21.3. The standard InChI is InChI=1S/C36H44N4O2/c41-35-16-7-3-1-2-4-8-19-39-21-15-29(34(24-39)23-36-17-13-25(42-36)10-9-20-40(36)33(34)35)28(22-35)31-32-27(14-18-37-31)26-11-5-6-12-30(26)38-32/h1,3,5-6,11-12,14,18,22,25,29,33,38,41H,2,4,7-10,13,15-17,19-21,23-24H2/b3-1-/t25-,29+,33?,34+,35+,36+/m1/s1. The highest BCUT2D eigenvalue weighted by molar-refractivity contribution is 6.09. The van der Waals surface area contributed by atoms with Gasteiger partial charge in [-0.15, -0.1) is 0 Å². The topological polar surface area (TPSA) is 64.6 Å². The third-order valence-electron chi connectivity index (χ3n) is 12.0. The zero-order chi connectivity index (χ0) is 27.9. The van der Waals surface area contributed by atoms with Crippen molar-refractivity contribution in [3.8, 4) is 0 Å². The van der Waals surface area contributed by atoms with Gasteiger partial charge in [-0.05, 0) is 113 Å². The molecule has 0 saturated carbocycles. The molecule has 0 amide bonds. The van der Waals surface area contributed by atoms with Gasteiger partial charge in [0.2, 0.25) is 0 Å². The molecular formula is C36H44N4O2. The summed E-state index contributed by atoms with van der Waals surface area (Å²) >= 11 is 0. The fraction of sp³-hybridized carbons (Fsp3) is 0.583. The molecule has 5 bridgehead atoms. The number of ether oxygens (including phenoxy) is 1. The van der Waals surface area contributed by atoms with Crippen LogP contribution in [-0.4, -0.2) is 74.5 Å². The van der Waals surface area contributed by atoms with Crippen molar-refractivity contribution in [2.45, 2.75) is 94.1 Å². The second-order valence-electron chi connectivity index (χ2n) is 14.3. The van der Waals surface area contributed by atoms with Crippen molar-refractivity contribution in [1.29, 1.82) is 0 Å². The van der Waals surface area contributed by atoms with Crippen LogP contribution in [0.2, 0.25) is 0 Å². The Bertz CT molecular complexity index is 1590. The van der Waals surface area contributed by atoms with Crippen LogP contribution in [0.25, 0.3) is 27.4 Å². The van der Waals surface area contributed by atoms with E-state index < -0.39 is 5.60 Å². The highest BCUT2D eigenvalue weighted by Crippen LogP contribution is 2.66. The number of rotatable bonds is 1. The van der Waals surface area contributed by atoms with Crippen LogP contribution >= 0.6 is 0 Å². The first-order valence-corrected chi connectivity index (χ1v) is 16.7. The van der Waals surface area contributed by atoms with Gasteiger partial charge in [-0.2, -0.15) is 0 Å². The summed E-state index contributed by atoms with van der Waals surface area (Å²) in [5.41, 5.74) is 3.32. The van der Waals surface area contributed by atoms with Crippen molar-refractivity contribution in [3.05, 3.63) is 60.5 Å². The van der Waals surface area contributed by atoms with E-state index in [0.717, 1.165) is 101 Å². The van der Waals surface area contributed by atoms with Gasteiger partial charge >= 0.3 is 0 Å². The van der Waals surface area contributed by atoms with Crippen molar-refractivity contribution in [3.63, 3.8) is 0 Å². The number of piperidine rings is 1. The van der Waals surface area contributed by atoms with Crippen molar-refractivity contribution in [2.24, 2.45) is 11.3 Å². The highest BCUT2D eigenvalue weighted by atomic mass is 16.5. The van der Waals surface area contributed by atoms with Crippen molar-refractivity contribution >= 4 is 27.4 Å². The maximum atomic E-state index is 13.2. The van der Waals surface area contributed by atoms with Crippen LogP contribution < -0.4 is 0 Å². The fourth-order valence-corrected chi connectivity index (χ4v) is 10.6. The molecule has 2 unspecified atom stereocenters. The summed E-state index contributed by atoms with van der Waals surface area (Å²) in [6.45, 7) is 4.35. The minimum atomic E-state index is -0.946. The molecule has 6 nitrogen and oxygen atoms in total. The van der Waals surface area contributed by atoms with Gasteiger partial charge in [-0.3, -0.25) is 9.88 Å². The normalized spacial score (nSPS) is 40.9. The summed E-state index contributed by atoms with van der Waals surface area (Å²) in [5.74, 6) is 0.341. The lowest BCUT2D eigenvalue weighted by Crippen LogP contribution is -2.66. The molecule has 4 fully saturated rings. The van der Waals surface area contributed by atoms with E-state index >= 15 is 0 Å². The number of aliphatic hydroxyl groups is 1. The Morgan fingerprint density at radius 3 is 2.83 bits per heavy atom. The average molecular weight is 565 g/mol. The van der Waals surface area contributed by atoms with E-state index in [1.807, 2.05) is 6.20 Å². The predicted octanol–water partition coefficient (Wildman–Crippen LogP) is 6.42. The largest absolute Gasteiger partial charge is 0.384 e. The second kappa shape index (κ2) is 9.49. The minimum Gasteiger partial charge on any atom is -0.384 e. The smallest absolute Gasteiger partial charge is 0.123 e. The minimum absolute atomic E-state index is 0.0643. The molecule has 1 aliphatic carbocycles. The van der Waals surface area contributed by atoms with E-state index in [2.05, 4.69) is 63.3 Å². The lowest BCUT2D eigenvalue weighted by atomic mass is 9.54. The second-order valence-corrected chi connectivity index (χ2v) is 14.3. The van der Waals surface area contributed by atoms with E-state index in [-0.39, 0.29) is 17.2 Å². The van der Waals surface area contributed by atoms with E-state index in [1.54, 1.807) is 0 Å². The number of H-pyrrole nitrogens is 1. The van der Waals surface area contributed by atoms with Gasteiger partial charge in [-0.25, -0.2) is 0 Å². The predicted molar refractivity (Wildman–Crippen MR) is 167 cm³/mol. The van der Waals surface area contributed by atoms with Gasteiger partial charge in [-0.1, -0.05) is 30.4 Å².